The summed E-state index contributed by atoms with van der Waals surface area (Å²) in [6.07, 6.45) is 7.81. The molecule has 2 amide bonds. The number of nitrogens with one attached hydrogen (secondary N) is 4. The number of halogens is 2. The SMILES string of the molecule is CNc1ccc2c(c1)NC(=O)CCc1nc(ccc1F)CCCC(NC(=O)/C=C/c1cc(Cl)ccc1N(N)/C=N\N)c1nc-2c[nH]1. The molecule has 0 fully saturated rings. The monoisotopic (exact) mass is 644 g/mol. The van der Waals surface area contributed by atoms with Gasteiger partial charge in [0.05, 0.1) is 28.8 Å². The average molecular weight is 645 g/mol. The number of imidazole rings is 1. The second kappa shape index (κ2) is 14.7. The summed E-state index contributed by atoms with van der Waals surface area (Å²) < 4.78 is 14.6. The number of anilines is 3. The zero-order valence-electron chi connectivity index (χ0n) is 25.1. The maximum absolute atomic E-state index is 14.6. The Labute approximate surface area is 270 Å². The van der Waals surface area contributed by atoms with Crippen LogP contribution in [0.15, 0.2) is 65.9 Å². The summed E-state index contributed by atoms with van der Waals surface area (Å²) in [4.78, 5) is 38.7. The van der Waals surface area contributed by atoms with E-state index >= 15 is 0 Å². The van der Waals surface area contributed by atoms with Crippen molar-refractivity contribution >= 4 is 52.9 Å². The molecule has 238 valence electrons. The molecule has 1 unspecified atom stereocenters. The van der Waals surface area contributed by atoms with E-state index in [0.717, 1.165) is 5.69 Å². The Bertz CT molecular complexity index is 1790. The molecule has 1 aliphatic rings. The summed E-state index contributed by atoms with van der Waals surface area (Å²) in [5.74, 6) is 10.7. The number of fused-ring (bicyclic) bond motifs is 6. The van der Waals surface area contributed by atoms with Crippen molar-refractivity contribution in [2.75, 3.05) is 22.7 Å². The molecule has 0 aliphatic carbocycles. The number of aromatic nitrogens is 3. The lowest BCUT2D eigenvalue weighted by molar-refractivity contribution is -0.117. The van der Waals surface area contributed by atoms with Crippen molar-refractivity contribution in [1.29, 1.82) is 0 Å². The quantitative estimate of drug-likeness (QED) is 0.0576. The third kappa shape index (κ3) is 7.86. The standard InChI is InChI=1S/C32H34ClFN10O2/c1-37-22-7-9-23-27(16-22)42-31(46)14-11-25-24(34)10-8-21(40-25)3-2-4-26(32-38-17-28(23)43-32)41-30(45)13-5-19-15-20(33)6-12-29(19)44(36)18-39-35/h5-10,12-13,15-18,26,37H,2-4,11,14,35-36H2,1H3,(H,38,43)(H,41,45)(H,42,46)/b13-5+,39-18-. The van der Waals surface area contributed by atoms with Gasteiger partial charge < -0.3 is 26.8 Å². The molecule has 0 saturated carbocycles. The van der Waals surface area contributed by atoms with Crippen molar-refractivity contribution < 1.29 is 14.0 Å². The third-order valence-corrected chi connectivity index (χ3v) is 7.70. The predicted molar refractivity (Wildman–Crippen MR) is 178 cm³/mol. The fraction of sp³-hybridized carbons (Fsp3) is 0.219. The normalized spacial score (nSPS) is 15.4. The molecule has 1 atom stereocenters. The van der Waals surface area contributed by atoms with Crippen LogP contribution in [0, 0.1) is 5.82 Å². The number of benzene rings is 2. The number of hydrazone groups is 1. The zero-order chi connectivity index (χ0) is 32.6. The Hall–Kier alpha value is -5.27. The van der Waals surface area contributed by atoms with E-state index < -0.39 is 11.9 Å². The number of carbonyl (C=O) groups is 2. The number of pyridine rings is 1. The minimum atomic E-state index is -0.512. The Morgan fingerprint density at radius 2 is 2.00 bits per heavy atom. The number of amides is 2. The number of hydrazine groups is 1. The van der Waals surface area contributed by atoms with Crippen LogP contribution in [0.1, 0.15) is 48.1 Å². The van der Waals surface area contributed by atoms with Crippen LogP contribution in [0.3, 0.4) is 0 Å². The van der Waals surface area contributed by atoms with Crippen molar-refractivity contribution in [2.45, 2.75) is 38.1 Å². The number of hydrogen-bond acceptors (Lipinski definition) is 8. The fourth-order valence-electron chi connectivity index (χ4n) is 5.15. The first-order valence-corrected chi connectivity index (χ1v) is 15.0. The molecule has 5 rings (SSSR count). The van der Waals surface area contributed by atoms with Crippen molar-refractivity contribution in [3.05, 3.63) is 94.4 Å². The molecule has 0 radical (unpaired) electrons. The van der Waals surface area contributed by atoms with Gasteiger partial charge in [-0.3, -0.25) is 19.6 Å². The van der Waals surface area contributed by atoms with Crippen molar-refractivity contribution in [3.8, 4) is 11.3 Å². The third-order valence-electron chi connectivity index (χ3n) is 7.47. The molecule has 2 aromatic heterocycles. The van der Waals surface area contributed by atoms with Crippen molar-refractivity contribution in [2.24, 2.45) is 16.8 Å². The van der Waals surface area contributed by atoms with Gasteiger partial charge in [-0.2, -0.15) is 5.10 Å². The molecule has 12 nitrogen and oxygen atoms in total. The number of aromatic amines is 1. The van der Waals surface area contributed by atoms with Gasteiger partial charge >= 0.3 is 0 Å². The lowest BCUT2D eigenvalue weighted by Gasteiger charge is -2.17. The first-order valence-electron chi connectivity index (χ1n) is 14.6. The highest BCUT2D eigenvalue weighted by molar-refractivity contribution is 6.30. The first kappa shape index (κ1) is 32.1. The number of carbonyl (C=O) groups excluding carboxylic acids is 2. The van der Waals surface area contributed by atoms with Gasteiger partial charge in [-0.15, -0.1) is 0 Å². The molecule has 0 saturated heterocycles. The summed E-state index contributed by atoms with van der Waals surface area (Å²) in [6.45, 7) is 0. The highest BCUT2D eigenvalue weighted by Gasteiger charge is 2.21. The summed E-state index contributed by atoms with van der Waals surface area (Å²) in [6, 6.07) is 13.0. The van der Waals surface area contributed by atoms with Crippen LogP contribution in [0.5, 0.6) is 0 Å². The van der Waals surface area contributed by atoms with E-state index in [9.17, 15) is 14.0 Å². The minimum Gasteiger partial charge on any atom is -0.388 e. The van der Waals surface area contributed by atoms with Gasteiger partial charge in [0, 0.05) is 59.7 Å². The molecule has 0 spiro atoms. The van der Waals surface area contributed by atoms with Crippen LogP contribution in [0.4, 0.5) is 21.5 Å². The van der Waals surface area contributed by atoms with Crippen LogP contribution in [-0.4, -0.2) is 40.2 Å². The Kier molecular flexibility index (Phi) is 10.2. The number of aryl methyl sites for hydroxylation is 2. The Balaban J connectivity index is 1.46. The molecular weight excluding hydrogens is 611 g/mol. The number of nitrogens with zero attached hydrogens (tertiary/aromatic N) is 4. The molecule has 8 N–H and O–H groups in total. The lowest BCUT2D eigenvalue weighted by atomic mass is 10.1. The van der Waals surface area contributed by atoms with Crippen molar-refractivity contribution in [1.82, 2.24) is 20.3 Å². The summed E-state index contributed by atoms with van der Waals surface area (Å²) in [5.41, 5.74) is 4.62. The van der Waals surface area contributed by atoms with Gasteiger partial charge in [-0.05, 0) is 73.9 Å². The van der Waals surface area contributed by atoms with Gasteiger partial charge in [0.15, 0.2) is 0 Å². The van der Waals surface area contributed by atoms with E-state index in [-0.39, 0.29) is 30.3 Å². The number of hydrogen-bond donors (Lipinski definition) is 6. The van der Waals surface area contributed by atoms with Gasteiger partial charge in [0.1, 0.15) is 18.0 Å². The van der Waals surface area contributed by atoms with E-state index in [0.29, 0.717) is 64.0 Å². The topological polar surface area (TPSA) is 179 Å². The number of rotatable bonds is 6. The van der Waals surface area contributed by atoms with Gasteiger partial charge in [-0.1, -0.05) is 11.6 Å². The Morgan fingerprint density at radius 3 is 2.80 bits per heavy atom. The molecule has 4 bridgehead atoms. The maximum atomic E-state index is 14.6. The van der Waals surface area contributed by atoms with E-state index in [1.54, 1.807) is 49.7 Å². The van der Waals surface area contributed by atoms with Crippen LogP contribution in [0.2, 0.25) is 5.02 Å². The van der Waals surface area contributed by atoms with Crippen LogP contribution >= 0.6 is 11.6 Å². The molecule has 4 aromatic rings. The van der Waals surface area contributed by atoms with Crippen molar-refractivity contribution in [3.63, 3.8) is 0 Å². The van der Waals surface area contributed by atoms with Crippen LogP contribution < -0.4 is 32.6 Å². The maximum Gasteiger partial charge on any atom is 0.244 e. The number of nitrogens with two attached hydrogens (primary N) is 2. The fourth-order valence-corrected chi connectivity index (χ4v) is 5.33. The average Bonchev–Trinajstić information content (AvgIpc) is 3.53. The van der Waals surface area contributed by atoms with E-state index in [1.165, 1.54) is 23.5 Å². The van der Waals surface area contributed by atoms with E-state index in [1.807, 2.05) is 12.1 Å². The molecule has 1 aliphatic heterocycles. The molecular formula is C32H34ClFN10O2. The lowest BCUT2D eigenvalue weighted by Crippen LogP contribution is -2.30. The van der Waals surface area contributed by atoms with Crippen LogP contribution in [0.25, 0.3) is 17.3 Å². The molecule has 2 aromatic carbocycles. The second-order valence-corrected chi connectivity index (χ2v) is 11.1. The smallest absolute Gasteiger partial charge is 0.244 e. The predicted octanol–water partition coefficient (Wildman–Crippen LogP) is 4.67. The Morgan fingerprint density at radius 1 is 1.15 bits per heavy atom. The highest BCUT2D eigenvalue weighted by Crippen LogP contribution is 2.31. The number of H-pyrrole nitrogens is 1. The molecule has 46 heavy (non-hydrogen) atoms. The largest absolute Gasteiger partial charge is 0.388 e. The first-order chi connectivity index (χ1) is 22.2. The van der Waals surface area contributed by atoms with E-state index in [4.69, 9.17) is 28.3 Å². The van der Waals surface area contributed by atoms with Gasteiger partial charge in [0.25, 0.3) is 0 Å². The second-order valence-electron chi connectivity index (χ2n) is 10.6. The summed E-state index contributed by atoms with van der Waals surface area (Å²) in [7, 11) is 1.78. The summed E-state index contributed by atoms with van der Waals surface area (Å²) in [5, 5.41) is 14.2. The molecule has 3 heterocycles. The zero-order valence-corrected chi connectivity index (χ0v) is 25.8. The van der Waals surface area contributed by atoms with Gasteiger partial charge in [0.2, 0.25) is 11.8 Å². The minimum absolute atomic E-state index is 0.0602. The highest BCUT2D eigenvalue weighted by atomic mass is 35.5. The van der Waals surface area contributed by atoms with Gasteiger partial charge in [-0.25, -0.2) is 15.2 Å². The van der Waals surface area contributed by atoms with E-state index in [2.05, 4.69) is 31.0 Å². The van der Waals surface area contributed by atoms with Crippen LogP contribution in [-0.2, 0) is 22.4 Å². The molecule has 14 heteroatoms. The summed E-state index contributed by atoms with van der Waals surface area (Å²) >= 11 is 6.20.